The molecule has 1 N–H and O–H groups in total. The molecule has 3 nitrogen and oxygen atoms in total. The maximum atomic E-state index is 11.0. The van der Waals surface area contributed by atoms with E-state index in [1.807, 2.05) is 0 Å². The molecule has 0 bridgehead atoms. The van der Waals surface area contributed by atoms with Gasteiger partial charge in [0.15, 0.2) is 0 Å². The molecule has 0 aliphatic heterocycles. The van der Waals surface area contributed by atoms with E-state index in [2.05, 4.69) is 33.0 Å². The molecule has 0 aromatic rings. The SMILES string of the molecule is C=C(C)C(=O)NCC[N+](C)(C)C.[F-]. The van der Waals surface area contributed by atoms with Crippen LogP contribution in [0.3, 0.4) is 0 Å². The van der Waals surface area contributed by atoms with Gasteiger partial charge in [-0.2, -0.15) is 0 Å². The minimum atomic E-state index is -0.0524. The largest absolute Gasteiger partial charge is 1.00 e. The van der Waals surface area contributed by atoms with Gasteiger partial charge in [-0.1, -0.05) is 6.58 Å². The predicted octanol–water partition coefficient (Wildman–Crippen LogP) is -2.61. The Morgan fingerprint density at radius 3 is 2.15 bits per heavy atom. The lowest BCUT2D eigenvalue weighted by Gasteiger charge is -2.23. The molecule has 4 heteroatoms. The van der Waals surface area contributed by atoms with Gasteiger partial charge in [0.25, 0.3) is 0 Å². The first kappa shape index (κ1) is 14.6. The molecule has 0 unspecified atom stereocenters. The number of likely N-dealkylation sites (N-methyl/N-ethyl adjacent to an activating group) is 1. The van der Waals surface area contributed by atoms with Gasteiger partial charge in [0.2, 0.25) is 5.91 Å². The van der Waals surface area contributed by atoms with Crippen molar-refractivity contribution < 1.29 is 14.0 Å². The second-order valence-corrected chi connectivity index (χ2v) is 4.05. The Kier molecular flexibility index (Phi) is 6.40. The Balaban J connectivity index is 0. The number of hydrogen-bond donors (Lipinski definition) is 1. The van der Waals surface area contributed by atoms with Crippen LogP contribution in [0, 0.1) is 0 Å². The summed E-state index contributed by atoms with van der Waals surface area (Å²) in [7, 11) is 6.27. The quantitative estimate of drug-likeness (QED) is 0.382. The van der Waals surface area contributed by atoms with Crippen molar-refractivity contribution in [2.24, 2.45) is 0 Å². The Morgan fingerprint density at radius 2 is 1.85 bits per heavy atom. The van der Waals surface area contributed by atoms with Crippen molar-refractivity contribution in [2.45, 2.75) is 6.92 Å². The van der Waals surface area contributed by atoms with Crippen molar-refractivity contribution in [3.63, 3.8) is 0 Å². The third-order valence-electron chi connectivity index (χ3n) is 1.46. The van der Waals surface area contributed by atoms with E-state index in [9.17, 15) is 4.79 Å². The van der Waals surface area contributed by atoms with Crippen molar-refractivity contribution in [1.29, 1.82) is 0 Å². The first-order valence-electron chi connectivity index (χ1n) is 4.07. The number of carbonyl (C=O) groups excluding carboxylic acids is 1. The van der Waals surface area contributed by atoms with Gasteiger partial charge in [0.1, 0.15) is 0 Å². The molecule has 78 valence electrons. The number of carbonyl (C=O) groups is 1. The number of amides is 1. The molecule has 13 heavy (non-hydrogen) atoms. The van der Waals surface area contributed by atoms with E-state index >= 15 is 0 Å². The average molecular weight is 190 g/mol. The monoisotopic (exact) mass is 190 g/mol. The topological polar surface area (TPSA) is 29.1 Å². The molecule has 0 aromatic carbocycles. The summed E-state index contributed by atoms with van der Waals surface area (Å²) < 4.78 is 0.858. The number of halogens is 1. The van der Waals surface area contributed by atoms with Gasteiger partial charge in [-0.15, -0.1) is 0 Å². The van der Waals surface area contributed by atoms with E-state index in [-0.39, 0.29) is 10.6 Å². The van der Waals surface area contributed by atoms with E-state index in [1.54, 1.807) is 6.92 Å². The zero-order chi connectivity index (χ0) is 9.78. The molecule has 0 radical (unpaired) electrons. The zero-order valence-corrected chi connectivity index (χ0v) is 8.85. The van der Waals surface area contributed by atoms with Crippen LogP contribution in [0.1, 0.15) is 6.92 Å². The summed E-state index contributed by atoms with van der Waals surface area (Å²) in [4.78, 5) is 11.0. The first-order valence-corrected chi connectivity index (χ1v) is 4.07. The van der Waals surface area contributed by atoms with E-state index in [4.69, 9.17) is 0 Å². The van der Waals surface area contributed by atoms with E-state index in [0.29, 0.717) is 12.1 Å². The van der Waals surface area contributed by atoms with Crippen LogP contribution in [0.15, 0.2) is 12.2 Å². The van der Waals surface area contributed by atoms with Crippen molar-refractivity contribution in [3.8, 4) is 0 Å². The van der Waals surface area contributed by atoms with Crippen LogP contribution >= 0.6 is 0 Å². The normalized spacial score (nSPS) is 10.2. The van der Waals surface area contributed by atoms with Crippen molar-refractivity contribution in [3.05, 3.63) is 12.2 Å². The van der Waals surface area contributed by atoms with Gasteiger partial charge in [0, 0.05) is 5.57 Å². The Bertz CT molecular complexity index is 185. The summed E-state index contributed by atoms with van der Waals surface area (Å²) in [6, 6.07) is 0. The first-order chi connectivity index (χ1) is 5.33. The second-order valence-electron chi connectivity index (χ2n) is 4.05. The molecule has 0 aliphatic rings. The highest BCUT2D eigenvalue weighted by molar-refractivity contribution is 5.91. The molecule has 0 fully saturated rings. The minimum absolute atomic E-state index is 0. The van der Waals surface area contributed by atoms with Crippen LogP contribution in [0.5, 0.6) is 0 Å². The lowest BCUT2D eigenvalue weighted by Crippen LogP contribution is -3.00. The molecule has 0 spiro atoms. The van der Waals surface area contributed by atoms with Crippen LogP contribution in [0.25, 0.3) is 0 Å². The summed E-state index contributed by atoms with van der Waals surface area (Å²) in [6.45, 7) is 6.90. The lowest BCUT2D eigenvalue weighted by molar-refractivity contribution is -0.869. The molecular formula is C9H19FN2O. The summed E-state index contributed by atoms with van der Waals surface area (Å²) in [6.07, 6.45) is 0. The van der Waals surface area contributed by atoms with Gasteiger partial charge in [-0.05, 0) is 6.92 Å². The Labute approximate surface area is 79.4 Å². The summed E-state index contributed by atoms with van der Waals surface area (Å²) in [5.41, 5.74) is 0.566. The number of nitrogens with one attached hydrogen (secondary N) is 1. The van der Waals surface area contributed by atoms with Gasteiger partial charge in [-0.25, -0.2) is 0 Å². The molecule has 0 saturated carbocycles. The fourth-order valence-electron chi connectivity index (χ4n) is 0.656. The van der Waals surface area contributed by atoms with Crippen LogP contribution in [-0.2, 0) is 4.79 Å². The Hall–Kier alpha value is -0.900. The molecule has 0 heterocycles. The van der Waals surface area contributed by atoms with Gasteiger partial charge in [-0.3, -0.25) is 4.79 Å². The summed E-state index contributed by atoms with van der Waals surface area (Å²) >= 11 is 0. The van der Waals surface area contributed by atoms with Crippen molar-refractivity contribution in [2.75, 3.05) is 34.2 Å². The summed E-state index contributed by atoms with van der Waals surface area (Å²) in [5, 5.41) is 2.78. The van der Waals surface area contributed by atoms with Gasteiger partial charge in [0.05, 0.1) is 34.2 Å². The van der Waals surface area contributed by atoms with Crippen LogP contribution in [0.2, 0.25) is 0 Å². The van der Waals surface area contributed by atoms with E-state index in [1.165, 1.54) is 0 Å². The van der Waals surface area contributed by atoms with E-state index in [0.717, 1.165) is 11.0 Å². The lowest BCUT2D eigenvalue weighted by atomic mass is 10.3. The number of hydrogen-bond acceptors (Lipinski definition) is 1. The van der Waals surface area contributed by atoms with E-state index < -0.39 is 0 Å². The maximum Gasteiger partial charge on any atom is 0.246 e. The molecule has 0 aromatic heterocycles. The molecule has 1 amide bonds. The standard InChI is InChI=1S/C9H18N2O.FH/c1-8(2)9(12)10-6-7-11(3,4)5;/h1,6-7H2,2-5H3;1H. The van der Waals surface area contributed by atoms with Crippen LogP contribution in [-0.4, -0.2) is 44.6 Å². The van der Waals surface area contributed by atoms with Crippen molar-refractivity contribution in [1.82, 2.24) is 5.32 Å². The molecule has 0 atom stereocenters. The number of nitrogens with zero attached hydrogens (tertiary/aromatic N) is 1. The molecular weight excluding hydrogens is 171 g/mol. The maximum absolute atomic E-state index is 11.0. The highest BCUT2D eigenvalue weighted by Gasteiger charge is 2.07. The Morgan fingerprint density at radius 1 is 1.38 bits per heavy atom. The van der Waals surface area contributed by atoms with Crippen molar-refractivity contribution >= 4 is 5.91 Å². The highest BCUT2D eigenvalue weighted by atomic mass is 19.0. The number of quaternary nitrogens is 1. The predicted molar refractivity (Wildman–Crippen MR) is 50.7 cm³/mol. The number of rotatable bonds is 4. The van der Waals surface area contributed by atoms with Crippen LogP contribution < -0.4 is 10.0 Å². The molecule has 0 rings (SSSR count). The van der Waals surface area contributed by atoms with Gasteiger partial charge < -0.3 is 14.5 Å². The molecule has 0 aliphatic carbocycles. The summed E-state index contributed by atoms with van der Waals surface area (Å²) in [5.74, 6) is -0.0524. The molecule has 0 saturated heterocycles. The van der Waals surface area contributed by atoms with Gasteiger partial charge >= 0.3 is 0 Å². The second kappa shape index (κ2) is 5.70. The highest BCUT2D eigenvalue weighted by Crippen LogP contribution is 1.88. The third kappa shape index (κ3) is 9.01. The minimum Gasteiger partial charge on any atom is -1.00 e. The fourth-order valence-corrected chi connectivity index (χ4v) is 0.656. The van der Waals surface area contributed by atoms with Crippen LogP contribution in [0.4, 0.5) is 0 Å². The average Bonchev–Trinajstić information content (AvgIpc) is 1.84. The zero-order valence-electron chi connectivity index (χ0n) is 8.85. The smallest absolute Gasteiger partial charge is 0.246 e. The fraction of sp³-hybridized carbons (Fsp3) is 0.667. The third-order valence-corrected chi connectivity index (χ3v) is 1.46.